The largest absolute Gasteiger partial charge is 0.497 e. The van der Waals surface area contributed by atoms with E-state index in [1.165, 1.54) is 30.2 Å². The molecular formula is C22H20N2O5S. The second-order valence-corrected chi connectivity index (χ2v) is 8.61. The zero-order chi connectivity index (χ0) is 21.5. The van der Waals surface area contributed by atoms with E-state index in [1.807, 2.05) is 25.1 Å². The molecule has 1 N–H and O–H groups in total. The Balaban J connectivity index is 1.67. The molecule has 0 atom stereocenters. The van der Waals surface area contributed by atoms with Gasteiger partial charge in [0.25, 0.3) is 15.9 Å². The van der Waals surface area contributed by atoms with Gasteiger partial charge in [0.05, 0.1) is 23.3 Å². The number of ether oxygens (including phenoxy) is 2. The molecule has 4 rings (SSSR count). The Morgan fingerprint density at radius 2 is 1.67 bits per heavy atom. The topological polar surface area (TPSA) is 84.9 Å². The third kappa shape index (κ3) is 3.57. The van der Waals surface area contributed by atoms with Crippen molar-refractivity contribution in [2.24, 2.45) is 0 Å². The summed E-state index contributed by atoms with van der Waals surface area (Å²) in [6.45, 7) is 1.93. The van der Waals surface area contributed by atoms with Crippen LogP contribution in [0, 0.1) is 6.92 Å². The third-order valence-electron chi connectivity index (χ3n) is 4.83. The molecule has 1 heterocycles. The van der Waals surface area contributed by atoms with Gasteiger partial charge in [0.15, 0.2) is 5.75 Å². The summed E-state index contributed by atoms with van der Waals surface area (Å²) in [6.07, 6.45) is 0. The number of amides is 1. The van der Waals surface area contributed by atoms with Crippen molar-refractivity contribution in [1.29, 1.82) is 0 Å². The van der Waals surface area contributed by atoms with Crippen molar-refractivity contribution in [3.63, 3.8) is 0 Å². The van der Waals surface area contributed by atoms with Crippen molar-refractivity contribution >= 4 is 27.3 Å². The van der Waals surface area contributed by atoms with Gasteiger partial charge in [-0.05, 0) is 67.1 Å². The molecule has 8 heteroatoms. The summed E-state index contributed by atoms with van der Waals surface area (Å²) in [7, 11) is -0.668. The van der Waals surface area contributed by atoms with Gasteiger partial charge in [0.2, 0.25) is 0 Å². The molecule has 0 fully saturated rings. The highest BCUT2D eigenvalue weighted by molar-refractivity contribution is 7.92. The maximum Gasteiger partial charge on any atom is 0.261 e. The van der Waals surface area contributed by atoms with Crippen LogP contribution >= 0.6 is 0 Å². The second-order valence-electron chi connectivity index (χ2n) is 6.93. The highest BCUT2D eigenvalue weighted by atomic mass is 32.2. The molecule has 7 nitrogen and oxygen atoms in total. The number of fused-ring (bicyclic) bond motifs is 2. The summed E-state index contributed by atoms with van der Waals surface area (Å²) >= 11 is 0. The molecule has 3 aromatic carbocycles. The van der Waals surface area contributed by atoms with Gasteiger partial charge in [-0.25, -0.2) is 8.42 Å². The predicted octanol–water partition coefficient (Wildman–Crippen LogP) is 4.19. The van der Waals surface area contributed by atoms with Crippen molar-refractivity contribution in [2.75, 3.05) is 23.8 Å². The average molecular weight is 424 g/mol. The molecule has 0 saturated carbocycles. The minimum Gasteiger partial charge on any atom is -0.497 e. The lowest BCUT2D eigenvalue weighted by atomic mass is 10.1. The molecule has 0 radical (unpaired) electrons. The van der Waals surface area contributed by atoms with Crippen LogP contribution in [0.3, 0.4) is 0 Å². The Bertz CT molecular complexity index is 1240. The van der Waals surface area contributed by atoms with E-state index in [-0.39, 0.29) is 22.1 Å². The Kier molecular flexibility index (Phi) is 4.87. The van der Waals surface area contributed by atoms with E-state index in [1.54, 1.807) is 31.3 Å². The first-order valence-electron chi connectivity index (χ1n) is 9.16. The minimum atomic E-state index is -3.84. The van der Waals surface area contributed by atoms with Gasteiger partial charge >= 0.3 is 0 Å². The first-order valence-corrected chi connectivity index (χ1v) is 10.6. The average Bonchev–Trinajstić information content (AvgIpc) is 2.83. The SMILES string of the molecule is COc1ccc(S(=O)(=O)Nc2ccc3c(c2)C(=O)N(C)c2cc(C)ccc2O3)cc1. The Morgan fingerprint density at radius 1 is 0.967 bits per heavy atom. The van der Waals surface area contributed by atoms with Crippen molar-refractivity contribution in [3.05, 3.63) is 71.8 Å². The van der Waals surface area contributed by atoms with Crippen molar-refractivity contribution in [2.45, 2.75) is 11.8 Å². The van der Waals surface area contributed by atoms with Crippen LogP contribution < -0.4 is 19.1 Å². The van der Waals surface area contributed by atoms with Crippen LogP contribution in [0.1, 0.15) is 15.9 Å². The Labute approximate surface area is 174 Å². The summed E-state index contributed by atoms with van der Waals surface area (Å²) in [5.74, 6) is 1.18. The number of anilines is 2. The smallest absolute Gasteiger partial charge is 0.261 e. The fourth-order valence-electron chi connectivity index (χ4n) is 3.20. The quantitative estimate of drug-likeness (QED) is 0.679. The molecule has 30 heavy (non-hydrogen) atoms. The lowest BCUT2D eigenvalue weighted by molar-refractivity contribution is 0.0993. The van der Waals surface area contributed by atoms with Crippen LogP contribution in [-0.4, -0.2) is 28.5 Å². The Morgan fingerprint density at radius 3 is 2.37 bits per heavy atom. The van der Waals surface area contributed by atoms with Gasteiger partial charge in [0.1, 0.15) is 11.5 Å². The van der Waals surface area contributed by atoms with Crippen molar-refractivity contribution in [1.82, 2.24) is 0 Å². The van der Waals surface area contributed by atoms with E-state index >= 15 is 0 Å². The standard InChI is InChI=1S/C22H20N2O5S/c1-14-4-10-21-19(12-14)24(2)22(25)18-13-15(5-11-20(18)29-21)23-30(26,27)17-8-6-16(28-3)7-9-17/h4-13,23H,1-3H3. The van der Waals surface area contributed by atoms with E-state index < -0.39 is 10.0 Å². The summed E-state index contributed by atoms with van der Waals surface area (Å²) in [5, 5.41) is 0. The van der Waals surface area contributed by atoms with Gasteiger partial charge in [-0.1, -0.05) is 6.07 Å². The number of aryl methyl sites for hydroxylation is 1. The number of hydrogen-bond donors (Lipinski definition) is 1. The number of carbonyl (C=O) groups is 1. The third-order valence-corrected chi connectivity index (χ3v) is 6.23. The molecule has 0 bridgehead atoms. The van der Waals surface area contributed by atoms with Crippen LogP contribution in [0.4, 0.5) is 11.4 Å². The fourth-order valence-corrected chi connectivity index (χ4v) is 4.25. The number of carbonyl (C=O) groups excluding carboxylic acids is 1. The molecule has 154 valence electrons. The Hall–Kier alpha value is -3.52. The van der Waals surface area contributed by atoms with Gasteiger partial charge < -0.3 is 14.4 Å². The monoisotopic (exact) mass is 424 g/mol. The van der Waals surface area contributed by atoms with E-state index in [4.69, 9.17) is 9.47 Å². The molecule has 1 aliphatic heterocycles. The highest BCUT2D eigenvalue weighted by Crippen LogP contribution is 2.39. The first kappa shape index (κ1) is 19.8. The molecule has 0 spiro atoms. The predicted molar refractivity (Wildman–Crippen MR) is 114 cm³/mol. The lowest BCUT2D eigenvalue weighted by Crippen LogP contribution is -2.25. The van der Waals surface area contributed by atoms with Gasteiger partial charge in [-0.3, -0.25) is 9.52 Å². The maximum atomic E-state index is 13.0. The molecule has 0 aliphatic carbocycles. The van der Waals surface area contributed by atoms with Crippen molar-refractivity contribution < 1.29 is 22.7 Å². The van der Waals surface area contributed by atoms with Crippen LogP contribution in [-0.2, 0) is 10.0 Å². The number of methoxy groups -OCH3 is 1. The highest BCUT2D eigenvalue weighted by Gasteiger charge is 2.26. The normalized spacial score (nSPS) is 13.0. The number of benzene rings is 3. The van der Waals surface area contributed by atoms with Crippen LogP contribution in [0.2, 0.25) is 0 Å². The zero-order valence-electron chi connectivity index (χ0n) is 16.7. The maximum absolute atomic E-state index is 13.0. The zero-order valence-corrected chi connectivity index (χ0v) is 17.5. The van der Waals surface area contributed by atoms with E-state index in [0.29, 0.717) is 22.9 Å². The summed E-state index contributed by atoms with van der Waals surface area (Å²) < 4.78 is 39.0. The number of rotatable bonds is 4. The van der Waals surface area contributed by atoms with E-state index in [0.717, 1.165) is 5.56 Å². The first-order chi connectivity index (χ1) is 14.3. The number of nitrogens with one attached hydrogen (secondary N) is 1. The molecule has 1 aliphatic rings. The van der Waals surface area contributed by atoms with Gasteiger partial charge in [-0.2, -0.15) is 0 Å². The van der Waals surface area contributed by atoms with E-state index in [2.05, 4.69) is 4.72 Å². The fraction of sp³-hybridized carbons (Fsp3) is 0.136. The molecule has 0 aromatic heterocycles. The van der Waals surface area contributed by atoms with Gasteiger partial charge in [-0.15, -0.1) is 0 Å². The molecule has 0 unspecified atom stereocenters. The molecule has 3 aromatic rings. The lowest BCUT2D eigenvalue weighted by Gasteiger charge is -2.17. The number of nitrogens with zero attached hydrogens (tertiary/aromatic N) is 1. The second kappa shape index (κ2) is 7.38. The molecule has 0 saturated heterocycles. The number of hydrogen-bond acceptors (Lipinski definition) is 5. The van der Waals surface area contributed by atoms with E-state index in [9.17, 15) is 13.2 Å². The number of sulfonamides is 1. The van der Waals surface area contributed by atoms with Crippen molar-refractivity contribution in [3.8, 4) is 17.2 Å². The van der Waals surface area contributed by atoms with Crippen LogP contribution in [0.25, 0.3) is 0 Å². The molecular weight excluding hydrogens is 404 g/mol. The summed E-state index contributed by atoms with van der Waals surface area (Å²) in [6, 6.07) is 16.2. The summed E-state index contributed by atoms with van der Waals surface area (Å²) in [5.41, 5.74) is 2.17. The van der Waals surface area contributed by atoms with Crippen LogP contribution in [0.5, 0.6) is 17.2 Å². The molecule has 1 amide bonds. The minimum absolute atomic E-state index is 0.0841. The summed E-state index contributed by atoms with van der Waals surface area (Å²) in [4.78, 5) is 14.6. The van der Waals surface area contributed by atoms with Gasteiger partial charge in [0, 0.05) is 12.7 Å². The van der Waals surface area contributed by atoms with Crippen LogP contribution in [0.15, 0.2) is 65.6 Å².